The maximum Gasteiger partial charge on any atom is 0.331 e. The van der Waals surface area contributed by atoms with Crippen LogP contribution >= 0.6 is 0 Å². The number of nitrogens with one attached hydrogen (secondary N) is 2. The largest absolute Gasteiger partial charge is 0.452 e. The van der Waals surface area contributed by atoms with E-state index in [0.717, 1.165) is 11.1 Å². The first-order valence-electron chi connectivity index (χ1n) is 7.19. The first-order chi connectivity index (χ1) is 10.7. The minimum Gasteiger partial charge on any atom is -0.452 e. The lowest BCUT2D eigenvalue weighted by molar-refractivity contribution is -0.143. The molecule has 0 aliphatic carbocycles. The first kappa shape index (κ1) is 18.4. The zero-order chi connectivity index (χ0) is 17.5. The number of ether oxygens (including phenoxy) is 1. The highest BCUT2D eigenvalue weighted by atomic mass is 16.5. The van der Waals surface area contributed by atoms with Crippen LogP contribution in [0.1, 0.15) is 31.9 Å². The Labute approximate surface area is 135 Å². The number of esters is 1. The van der Waals surface area contributed by atoms with Crippen LogP contribution in [0, 0.1) is 6.92 Å². The molecule has 124 valence electrons. The van der Waals surface area contributed by atoms with Gasteiger partial charge >= 0.3 is 12.0 Å². The monoisotopic (exact) mass is 318 g/mol. The topological polar surface area (TPSA) is 84.5 Å². The summed E-state index contributed by atoms with van der Waals surface area (Å²) in [6.45, 7) is 6.78. The summed E-state index contributed by atoms with van der Waals surface area (Å²) in [7, 11) is 0. The molecule has 0 aliphatic rings. The van der Waals surface area contributed by atoms with Crippen molar-refractivity contribution in [3.8, 4) is 0 Å². The Morgan fingerprint density at radius 1 is 1.22 bits per heavy atom. The van der Waals surface area contributed by atoms with Crippen molar-refractivity contribution in [2.24, 2.45) is 0 Å². The summed E-state index contributed by atoms with van der Waals surface area (Å²) in [5.74, 6) is -1.35. The summed E-state index contributed by atoms with van der Waals surface area (Å²) in [6.07, 6.45) is 2.83. The molecule has 0 aromatic heterocycles. The average molecular weight is 318 g/mol. The molecular formula is C17H22N2O4. The lowest BCUT2D eigenvalue weighted by Crippen LogP contribution is -2.49. The maximum atomic E-state index is 11.5. The molecule has 0 bridgehead atoms. The number of carbonyl (C=O) groups is 3. The van der Waals surface area contributed by atoms with Gasteiger partial charge in [0.05, 0.1) is 0 Å². The molecule has 0 saturated heterocycles. The van der Waals surface area contributed by atoms with E-state index in [1.807, 2.05) is 31.2 Å². The molecule has 0 heterocycles. The summed E-state index contributed by atoms with van der Waals surface area (Å²) in [4.78, 5) is 34.5. The van der Waals surface area contributed by atoms with E-state index in [1.54, 1.807) is 26.8 Å². The molecule has 1 rings (SSSR count). The van der Waals surface area contributed by atoms with Gasteiger partial charge in [-0.2, -0.15) is 0 Å². The second-order valence-electron chi connectivity index (χ2n) is 6.11. The summed E-state index contributed by atoms with van der Waals surface area (Å²) in [5, 5.41) is 4.65. The third-order valence-corrected chi connectivity index (χ3v) is 2.54. The predicted molar refractivity (Wildman–Crippen MR) is 87.6 cm³/mol. The molecule has 6 nitrogen and oxygen atoms in total. The molecule has 6 heteroatoms. The molecule has 23 heavy (non-hydrogen) atoms. The van der Waals surface area contributed by atoms with E-state index >= 15 is 0 Å². The molecular weight excluding hydrogens is 296 g/mol. The van der Waals surface area contributed by atoms with Crippen LogP contribution in [0.3, 0.4) is 0 Å². The van der Waals surface area contributed by atoms with Gasteiger partial charge in [-0.3, -0.25) is 10.1 Å². The fourth-order valence-electron chi connectivity index (χ4n) is 1.66. The minimum atomic E-state index is -0.691. The van der Waals surface area contributed by atoms with Crippen molar-refractivity contribution in [2.75, 3.05) is 6.61 Å². The molecule has 0 radical (unpaired) electrons. The fraction of sp³-hybridized carbons (Fsp3) is 0.353. The van der Waals surface area contributed by atoms with E-state index < -0.39 is 30.1 Å². The Balaban J connectivity index is 2.38. The molecule has 0 aliphatic heterocycles. The molecule has 0 fully saturated rings. The highest BCUT2D eigenvalue weighted by molar-refractivity contribution is 5.96. The van der Waals surface area contributed by atoms with E-state index in [-0.39, 0.29) is 0 Å². The van der Waals surface area contributed by atoms with Crippen molar-refractivity contribution in [1.82, 2.24) is 10.6 Å². The maximum absolute atomic E-state index is 11.5. The van der Waals surface area contributed by atoms with Crippen molar-refractivity contribution in [3.05, 3.63) is 41.5 Å². The Morgan fingerprint density at radius 2 is 1.91 bits per heavy atom. The van der Waals surface area contributed by atoms with Crippen LogP contribution < -0.4 is 10.6 Å². The molecule has 1 aromatic rings. The van der Waals surface area contributed by atoms with Crippen LogP contribution in [-0.4, -0.2) is 30.1 Å². The molecule has 0 saturated carbocycles. The van der Waals surface area contributed by atoms with Gasteiger partial charge in [-0.25, -0.2) is 9.59 Å². The number of rotatable bonds is 4. The van der Waals surface area contributed by atoms with Crippen LogP contribution in [0.4, 0.5) is 4.79 Å². The van der Waals surface area contributed by atoms with Gasteiger partial charge in [0.25, 0.3) is 5.91 Å². The number of hydrogen-bond acceptors (Lipinski definition) is 4. The Bertz CT molecular complexity index is 615. The summed E-state index contributed by atoms with van der Waals surface area (Å²) >= 11 is 0. The van der Waals surface area contributed by atoms with Crippen molar-refractivity contribution in [3.63, 3.8) is 0 Å². The van der Waals surface area contributed by atoms with E-state index in [4.69, 9.17) is 4.74 Å². The zero-order valence-corrected chi connectivity index (χ0v) is 13.8. The van der Waals surface area contributed by atoms with Crippen molar-refractivity contribution in [1.29, 1.82) is 0 Å². The van der Waals surface area contributed by atoms with Crippen molar-refractivity contribution >= 4 is 24.0 Å². The van der Waals surface area contributed by atoms with E-state index in [9.17, 15) is 14.4 Å². The van der Waals surface area contributed by atoms with E-state index in [0.29, 0.717) is 0 Å². The molecule has 3 amide bonds. The van der Waals surface area contributed by atoms with Crippen LogP contribution in [0.5, 0.6) is 0 Å². The number of urea groups is 1. The number of aryl methyl sites for hydroxylation is 1. The third-order valence-electron chi connectivity index (χ3n) is 2.54. The van der Waals surface area contributed by atoms with Gasteiger partial charge in [-0.1, -0.05) is 29.8 Å². The van der Waals surface area contributed by atoms with Crippen LogP contribution in [0.25, 0.3) is 6.08 Å². The van der Waals surface area contributed by atoms with Gasteiger partial charge in [-0.05, 0) is 39.3 Å². The van der Waals surface area contributed by atoms with Crippen molar-refractivity contribution in [2.45, 2.75) is 33.2 Å². The Morgan fingerprint density at radius 3 is 2.52 bits per heavy atom. The zero-order valence-electron chi connectivity index (χ0n) is 13.8. The Kier molecular flexibility index (Phi) is 6.50. The Hall–Kier alpha value is -2.63. The van der Waals surface area contributed by atoms with Crippen LogP contribution in [0.2, 0.25) is 0 Å². The second kappa shape index (κ2) is 8.12. The minimum absolute atomic E-state index is 0.461. The van der Waals surface area contributed by atoms with Gasteiger partial charge in [0, 0.05) is 11.6 Å². The van der Waals surface area contributed by atoms with Crippen LogP contribution in [-0.2, 0) is 14.3 Å². The van der Waals surface area contributed by atoms with Gasteiger partial charge in [-0.15, -0.1) is 0 Å². The van der Waals surface area contributed by atoms with Crippen molar-refractivity contribution < 1.29 is 19.1 Å². The fourth-order valence-corrected chi connectivity index (χ4v) is 1.66. The normalized spacial score (nSPS) is 11.1. The summed E-state index contributed by atoms with van der Waals surface area (Å²) in [5.41, 5.74) is 1.47. The number of amides is 3. The summed E-state index contributed by atoms with van der Waals surface area (Å²) in [6, 6.07) is 6.95. The third kappa shape index (κ3) is 8.40. The molecule has 0 atom stereocenters. The number of benzene rings is 1. The molecule has 0 spiro atoms. The van der Waals surface area contributed by atoms with Gasteiger partial charge in [0.15, 0.2) is 6.61 Å². The lowest BCUT2D eigenvalue weighted by Gasteiger charge is -2.20. The predicted octanol–water partition coefficient (Wildman–Crippen LogP) is 2.18. The molecule has 0 unspecified atom stereocenters. The number of hydrogen-bond donors (Lipinski definition) is 2. The average Bonchev–Trinajstić information content (AvgIpc) is 2.40. The molecule has 1 aromatic carbocycles. The smallest absolute Gasteiger partial charge is 0.331 e. The highest BCUT2D eigenvalue weighted by Crippen LogP contribution is 2.05. The second-order valence-corrected chi connectivity index (χ2v) is 6.11. The SMILES string of the molecule is Cc1cccc(/C=C/C(=O)OCC(=O)NC(=O)NC(C)(C)C)c1. The molecule has 2 N–H and O–H groups in total. The highest BCUT2D eigenvalue weighted by Gasteiger charge is 2.16. The lowest BCUT2D eigenvalue weighted by atomic mass is 10.1. The van der Waals surface area contributed by atoms with Gasteiger partial charge in [0.1, 0.15) is 0 Å². The standard InChI is InChI=1S/C17H22N2O4/c1-12-6-5-7-13(10-12)8-9-15(21)23-11-14(20)18-16(22)19-17(2,3)4/h5-10H,11H2,1-4H3,(H2,18,19,20,22)/b9-8+. The number of imide groups is 1. The van der Waals surface area contributed by atoms with Gasteiger partial charge < -0.3 is 10.1 Å². The van der Waals surface area contributed by atoms with E-state index in [2.05, 4.69) is 10.6 Å². The van der Waals surface area contributed by atoms with Gasteiger partial charge in [0.2, 0.25) is 0 Å². The quantitative estimate of drug-likeness (QED) is 0.658. The summed E-state index contributed by atoms with van der Waals surface area (Å²) < 4.78 is 4.77. The van der Waals surface area contributed by atoms with Crippen LogP contribution in [0.15, 0.2) is 30.3 Å². The van der Waals surface area contributed by atoms with E-state index in [1.165, 1.54) is 6.08 Å². The number of carbonyl (C=O) groups excluding carboxylic acids is 3. The first-order valence-corrected chi connectivity index (χ1v) is 7.19.